The summed E-state index contributed by atoms with van der Waals surface area (Å²) in [5.41, 5.74) is 10.5. The highest BCUT2D eigenvalue weighted by Crippen LogP contribution is 2.14. The van der Waals surface area contributed by atoms with E-state index in [1.165, 1.54) is 0 Å². The second-order valence-corrected chi connectivity index (χ2v) is 2.66. The first-order valence-corrected chi connectivity index (χ1v) is 3.45. The Morgan fingerprint density at radius 2 is 2.30 bits per heavy atom. The van der Waals surface area contributed by atoms with Crippen LogP contribution >= 0.6 is 0 Å². The lowest BCUT2D eigenvalue weighted by Gasteiger charge is -2.32. The third-order valence-corrected chi connectivity index (χ3v) is 2.00. The average molecular weight is 143 g/mol. The molecule has 0 aliphatic carbocycles. The van der Waals surface area contributed by atoms with Crippen LogP contribution in [0.3, 0.4) is 0 Å². The fourth-order valence-corrected chi connectivity index (χ4v) is 1.14. The number of nitrogens with two attached hydrogens (primary N) is 2. The summed E-state index contributed by atoms with van der Waals surface area (Å²) in [6.45, 7) is 2.14. The maximum absolute atomic E-state index is 10.7. The highest BCUT2D eigenvalue weighted by Gasteiger charge is 2.29. The maximum Gasteiger partial charge on any atom is 0.222 e. The van der Waals surface area contributed by atoms with Crippen LogP contribution in [0.4, 0.5) is 0 Å². The largest absolute Gasteiger partial charge is 0.369 e. The smallest absolute Gasteiger partial charge is 0.222 e. The normalized spacial score (nSPS) is 21.7. The molecule has 1 fully saturated rings. The van der Waals surface area contributed by atoms with Crippen LogP contribution in [-0.2, 0) is 4.79 Å². The quantitative estimate of drug-likeness (QED) is 0.439. The summed E-state index contributed by atoms with van der Waals surface area (Å²) in [6, 6.07) is 0. The van der Waals surface area contributed by atoms with Gasteiger partial charge in [0.25, 0.3) is 0 Å². The molecule has 0 aromatic heterocycles. The molecule has 1 saturated heterocycles. The van der Waals surface area contributed by atoms with Gasteiger partial charge in [-0.15, -0.1) is 0 Å². The molecule has 1 amide bonds. The highest BCUT2D eigenvalue weighted by molar-refractivity contribution is 5.77. The number of hydrogen-bond acceptors (Lipinski definition) is 3. The summed E-state index contributed by atoms with van der Waals surface area (Å²) in [4.78, 5) is 10.7. The third kappa shape index (κ3) is 1.27. The predicted octanol–water partition coefficient (Wildman–Crippen LogP) is -1.73. The van der Waals surface area contributed by atoms with Gasteiger partial charge < -0.3 is 16.8 Å². The molecule has 10 heavy (non-hydrogen) atoms. The Morgan fingerprint density at radius 1 is 1.70 bits per heavy atom. The Hall–Kier alpha value is -0.610. The van der Waals surface area contributed by atoms with Crippen LogP contribution in [-0.4, -0.2) is 25.5 Å². The third-order valence-electron chi connectivity index (χ3n) is 2.00. The number of carbonyl (C=O) groups excluding carboxylic acids is 1. The van der Waals surface area contributed by atoms with Gasteiger partial charge in [0.1, 0.15) is 0 Å². The molecule has 0 bridgehead atoms. The summed E-state index contributed by atoms with van der Waals surface area (Å²) in [5.74, 6) is -0.0160. The van der Waals surface area contributed by atoms with Gasteiger partial charge in [0, 0.05) is 6.54 Å². The van der Waals surface area contributed by atoms with E-state index >= 15 is 0 Å². The standard InChI is InChI=1S/C6H13N3O/c7-1-5(6(8)10)4-2-9-3-4/h4-5,9H,1-3,7H2,(H2,8,10). The van der Waals surface area contributed by atoms with E-state index in [4.69, 9.17) is 11.5 Å². The van der Waals surface area contributed by atoms with Crippen molar-refractivity contribution in [1.82, 2.24) is 5.32 Å². The molecule has 1 unspecified atom stereocenters. The number of amides is 1. The minimum Gasteiger partial charge on any atom is -0.369 e. The molecule has 1 rings (SSSR count). The van der Waals surface area contributed by atoms with Gasteiger partial charge in [0.15, 0.2) is 0 Å². The van der Waals surface area contributed by atoms with Crippen LogP contribution in [0.2, 0.25) is 0 Å². The van der Waals surface area contributed by atoms with E-state index in [1.807, 2.05) is 0 Å². The van der Waals surface area contributed by atoms with E-state index in [9.17, 15) is 4.79 Å². The first-order chi connectivity index (χ1) is 4.75. The first kappa shape index (κ1) is 7.50. The lowest BCUT2D eigenvalue weighted by Crippen LogP contribution is -2.51. The van der Waals surface area contributed by atoms with Crippen LogP contribution in [0.5, 0.6) is 0 Å². The lowest BCUT2D eigenvalue weighted by molar-refractivity contribution is -0.123. The molecule has 1 aliphatic heterocycles. The van der Waals surface area contributed by atoms with Crippen LogP contribution in [0.25, 0.3) is 0 Å². The zero-order valence-corrected chi connectivity index (χ0v) is 5.84. The molecule has 0 aromatic carbocycles. The second-order valence-electron chi connectivity index (χ2n) is 2.66. The van der Waals surface area contributed by atoms with Gasteiger partial charge in [0.2, 0.25) is 5.91 Å². The molecule has 0 saturated carbocycles. The van der Waals surface area contributed by atoms with Gasteiger partial charge in [-0.3, -0.25) is 4.79 Å². The highest BCUT2D eigenvalue weighted by atomic mass is 16.1. The van der Waals surface area contributed by atoms with Gasteiger partial charge in [-0.1, -0.05) is 0 Å². The van der Waals surface area contributed by atoms with E-state index < -0.39 is 0 Å². The molecule has 0 radical (unpaired) electrons. The van der Waals surface area contributed by atoms with Crippen molar-refractivity contribution in [3.05, 3.63) is 0 Å². The van der Waals surface area contributed by atoms with Gasteiger partial charge in [0.05, 0.1) is 5.92 Å². The van der Waals surface area contributed by atoms with Crippen molar-refractivity contribution in [3.8, 4) is 0 Å². The van der Waals surface area contributed by atoms with E-state index in [0.717, 1.165) is 13.1 Å². The fraction of sp³-hybridized carbons (Fsp3) is 0.833. The van der Waals surface area contributed by atoms with Crippen molar-refractivity contribution >= 4 is 5.91 Å². The Bertz CT molecular complexity index is 133. The number of carbonyl (C=O) groups is 1. The summed E-state index contributed by atoms with van der Waals surface area (Å²) in [5, 5.41) is 3.07. The van der Waals surface area contributed by atoms with Crippen molar-refractivity contribution in [3.63, 3.8) is 0 Å². The number of nitrogens with one attached hydrogen (secondary N) is 1. The van der Waals surface area contributed by atoms with Crippen LogP contribution in [0.15, 0.2) is 0 Å². The molecular formula is C6H13N3O. The Balaban J connectivity index is 2.39. The van der Waals surface area contributed by atoms with Gasteiger partial charge in [-0.05, 0) is 19.0 Å². The molecule has 1 atom stereocenters. The average Bonchev–Trinajstić information content (AvgIpc) is 1.76. The van der Waals surface area contributed by atoms with Gasteiger partial charge in [-0.2, -0.15) is 0 Å². The van der Waals surface area contributed by atoms with Crippen molar-refractivity contribution in [2.45, 2.75) is 0 Å². The summed E-state index contributed by atoms with van der Waals surface area (Å²) in [7, 11) is 0. The summed E-state index contributed by atoms with van der Waals surface area (Å²) >= 11 is 0. The van der Waals surface area contributed by atoms with Gasteiger partial charge in [-0.25, -0.2) is 0 Å². The van der Waals surface area contributed by atoms with Crippen LogP contribution in [0, 0.1) is 11.8 Å². The zero-order valence-electron chi connectivity index (χ0n) is 5.84. The maximum atomic E-state index is 10.7. The molecule has 1 aliphatic rings. The van der Waals surface area contributed by atoms with Crippen molar-refractivity contribution < 1.29 is 4.79 Å². The van der Waals surface area contributed by atoms with Crippen molar-refractivity contribution in [2.24, 2.45) is 23.3 Å². The van der Waals surface area contributed by atoms with E-state index in [0.29, 0.717) is 12.5 Å². The Morgan fingerprint density at radius 3 is 2.40 bits per heavy atom. The molecule has 5 N–H and O–H groups in total. The molecule has 1 heterocycles. The molecule has 0 aromatic rings. The summed E-state index contributed by atoms with van der Waals surface area (Å²) in [6.07, 6.45) is 0. The Kier molecular flexibility index (Phi) is 2.24. The van der Waals surface area contributed by atoms with E-state index in [1.54, 1.807) is 0 Å². The Labute approximate surface area is 59.9 Å². The van der Waals surface area contributed by atoms with E-state index in [-0.39, 0.29) is 11.8 Å². The molecule has 4 heteroatoms. The number of rotatable bonds is 3. The predicted molar refractivity (Wildman–Crippen MR) is 38.1 cm³/mol. The second kappa shape index (κ2) is 2.98. The minimum absolute atomic E-state index is 0.124. The monoisotopic (exact) mass is 143 g/mol. The first-order valence-electron chi connectivity index (χ1n) is 3.45. The van der Waals surface area contributed by atoms with Crippen LogP contribution in [0.1, 0.15) is 0 Å². The minimum atomic E-state index is -0.269. The lowest BCUT2D eigenvalue weighted by atomic mass is 9.87. The summed E-state index contributed by atoms with van der Waals surface area (Å²) < 4.78 is 0. The molecule has 4 nitrogen and oxygen atoms in total. The van der Waals surface area contributed by atoms with E-state index in [2.05, 4.69) is 5.32 Å². The number of primary amides is 1. The molecule has 0 spiro atoms. The fourth-order valence-electron chi connectivity index (χ4n) is 1.14. The molecular weight excluding hydrogens is 130 g/mol. The van der Waals surface area contributed by atoms with Crippen molar-refractivity contribution in [1.29, 1.82) is 0 Å². The topological polar surface area (TPSA) is 81.1 Å². The molecule has 58 valence electrons. The van der Waals surface area contributed by atoms with Gasteiger partial charge >= 0.3 is 0 Å². The zero-order chi connectivity index (χ0) is 7.56. The SMILES string of the molecule is NCC(C(N)=O)C1CNC1. The number of hydrogen-bond donors (Lipinski definition) is 3. The van der Waals surface area contributed by atoms with Crippen molar-refractivity contribution in [2.75, 3.05) is 19.6 Å². The van der Waals surface area contributed by atoms with Crippen LogP contribution < -0.4 is 16.8 Å².